The van der Waals surface area contributed by atoms with Gasteiger partial charge in [0, 0.05) is 18.6 Å². The van der Waals surface area contributed by atoms with Crippen molar-refractivity contribution in [3.63, 3.8) is 0 Å². The average molecular weight is 495 g/mol. The molecule has 11 heteroatoms. The molecular weight excluding hydrogens is 472 g/mol. The number of aromatic nitrogens is 3. The van der Waals surface area contributed by atoms with Gasteiger partial charge >= 0.3 is 0 Å². The summed E-state index contributed by atoms with van der Waals surface area (Å²) in [7, 11) is -3.39. The second-order valence-electron chi connectivity index (χ2n) is 8.29. The third-order valence-corrected chi connectivity index (χ3v) is 9.42. The summed E-state index contributed by atoms with van der Waals surface area (Å²) in [6, 6.07) is 4.56. The number of nitrogens with zero attached hydrogens (tertiary/aromatic N) is 3. The summed E-state index contributed by atoms with van der Waals surface area (Å²) in [5.74, 6) is 0.0555. The van der Waals surface area contributed by atoms with Gasteiger partial charge < -0.3 is 10.1 Å². The Kier molecular flexibility index (Phi) is 5.96. The van der Waals surface area contributed by atoms with Gasteiger partial charge in [0.25, 0.3) is 5.91 Å². The number of thiazole rings is 1. The Labute approximate surface area is 194 Å². The van der Waals surface area contributed by atoms with Crippen LogP contribution in [0.25, 0.3) is 10.9 Å². The predicted octanol–water partition coefficient (Wildman–Crippen LogP) is 4.08. The molecule has 2 aliphatic rings. The van der Waals surface area contributed by atoms with E-state index < -0.39 is 15.9 Å². The monoisotopic (exact) mass is 494 g/mol. The van der Waals surface area contributed by atoms with Crippen molar-refractivity contribution in [2.75, 3.05) is 18.5 Å². The summed E-state index contributed by atoms with van der Waals surface area (Å²) < 4.78 is 33.5. The Morgan fingerprint density at radius 1 is 1.25 bits per heavy atom. The van der Waals surface area contributed by atoms with Gasteiger partial charge in [-0.05, 0) is 50.2 Å². The molecule has 5 rings (SSSR count). The molecule has 1 atom stereocenters. The number of halogens is 1. The first-order valence-electron chi connectivity index (χ1n) is 10.6. The molecule has 0 bridgehead atoms. The zero-order valence-corrected chi connectivity index (χ0v) is 19.6. The molecule has 3 heterocycles. The van der Waals surface area contributed by atoms with Crippen LogP contribution in [0.1, 0.15) is 38.1 Å². The predicted molar refractivity (Wildman–Crippen MR) is 123 cm³/mol. The maximum absolute atomic E-state index is 13.3. The number of carbonyl (C=O) groups is 1. The fourth-order valence-corrected chi connectivity index (χ4v) is 6.88. The number of benzene rings is 1. The lowest BCUT2D eigenvalue weighted by molar-refractivity contribution is -0.120. The van der Waals surface area contributed by atoms with E-state index in [1.807, 2.05) is 6.07 Å². The van der Waals surface area contributed by atoms with Crippen molar-refractivity contribution in [2.45, 2.75) is 48.3 Å². The molecule has 0 spiro atoms. The van der Waals surface area contributed by atoms with Crippen LogP contribution in [0.15, 0.2) is 35.5 Å². The van der Waals surface area contributed by atoms with Crippen LogP contribution in [0.3, 0.4) is 0 Å². The van der Waals surface area contributed by atoms with Crippen LogP contribution in [-0.4, -0.2) is 47.6 Å². The molecule has 1 aromatic carbocycles. The minimum atomic E-state index is -3.39. The fourth-order valence-electron chi connectivity index (χ4n) is 4.22. The number of carbonyl (C=O) groups excluding carboxylic acids is 1. The van der Waals surface area contributed by atoms with E-state index in [1.54, 1.807) is 23.0 Å². The second kappa shape index (κ2) is 8.74. The SMILES string of the molecule is O=C(Nc1ncc(Cl)s1)[C@H](CC1CCOCC1)n1ncc2c(S(=O)(=O)C3CC3)cccc21. The van der Waals surface area contributed by atoms with Gasteiger partial charge in [0.1, 0.15) is 10.4 Å². The van der Waals surface area contributed by atoms with Gasteiger partial charge in [0.05, 0.1) is 28.1 Å². The second-order valence-corrected chi connectivity index (χ2v) is 12.1. The Morgan fingerprint density at radius 2 is 2.03 bits per heavy atom. The molecule has 2 fully saturated rings. The zero-order chi connectivity index (χ0) is 22.3. The number of anilines is 1. The van der Waals surface area contributed by atoms with E-state index in [0.717, 1.165) is 12.8 Å². The summed E-state index contributed by atoms with van der Waals surface area (Å²) in [6.07, 6.45) is 6.75. The molecule has 32 heavy (non-hydrogen) atoms. The van der Waals surface area contributed by atoms with Crippen molar-refractivity contribution in [2.24, 2.45) is 5.92 Å². The minimum absolute atomic E-state index is 0.247. The maximum atomic E-state index is 13.3. The van der Waals surface area contributed by atoms with E-state index in [0.29, 0.717) is 63.7 Å². The number of hydrogen-bond donors (Lipinski definition) is 1. The maximum Gasteiger partial charge on any atom is 0.251 e. The molecule has 1 aliphatic heterocycles. The largest absolute Gasteiger partial charge is 0.381 e. The van der Waals surface area contributed by atoms with Gasteiger partial charge in [-0.15, -0.1) is 0 Å². The summed E-state index contributed by atoms with van der Waals surface area (Å²) in [5.41, 5.74) is 0.635. The van der Waals surface area contributed by atoms with Crippen LogP contribution in [0, 0.1) is 5.92 Å². The third kappa shape index (κ3) is 4.28. The number of sulfone groups is 1. The Balaban J connectivity index is 1.52. The van der Waals surface area contributed by atoms with Crippen molar-refractivity contribution in [1.82, 2.24) is 14.8 Å². The Morgan fingerprint density at radius 3 is 2.72 bits per heavy atom. The van der Waals surface area contributed by atoms with Gasteiger partial charge in [0.2, 0.25) is 0 Å². The minimum Gasteiger partial charge on any atom is -0.381 e. The first-order chi connectivity index (χ1) is 15.4. The topological polar surface area (TPSA) is 103 Å². The van der Waals surface area contributed by atoms with Crippen LogP contribution in [-0.2, 0) is 19.4 Å². The van der Waals surface area contributed by atoms with Crippen LogP contribution in [0.2, 0.25) is 4.34 Å². The quantitative estimate of drug-likeness (QED) is 0.530. The summed E-state index contributed by atoms with van der Waals surface area (Å²) in [6.45, 7) is 1.34. The van der Waals surface area contributed by atoms with E-state index in [4.69, 9.17) is 16.3 Å². The molecular formula is C21H23ClN4O4S2. The summed E-state index contributed by atoms with van der Waals surface area (Å²) in [4.78, 5) is 17.8. The number of rotatable bonds is 7. The first-order valence-corrected chi connectivity index (χ1v) is 13.4. The van der Waals surface area contributed by atoms with Crippen molar-refractivity contribution in [1.29, 1.82) is 0 Å². The van der Waals surface area contributed by atoms with E-state index in [1.165, 1.54) is 17.5 Å². The number of hydrogen-bond acceptors (Lipinski definition) is 7. The fraction of sp³-hybridized carbons (Fsp3) is 0.476. The van der Waals surface area contributed by atoms with Crippen molar-refractivity contribution >= 4 is 54.7 Å². The van der Waals surface area contributed by atoms with E-state index >= 15 is 0 Å². The summed E-state index contributed by atoms with van der Waals surface area (Å²) in [5, 5.41) is 8.02. The van der Waals surface area contributed by atoms with Crippen molar-refractivity contribution < 1.29 is 17.9 Å². The molecule has 8 nitrogen and oxygen atoms in total. The van der Waals surface area contributed by atoms with Crippen LogP contribution in [0.5, 0.6) is 0 Å². The van der Waals surface area contributed by atoms with Gasteiger partial charge in [0.15, 0.2) is 15.0 Å². The number of fused-ring (bicyclic) bond motifs is 1. The van der Waals surface area contributed by atoms with Gasteiger partial charge in [-0.1, -0.05) is 29.0 Å². The highest BCUT2D eigenvalue weighted by Gasteiger charge is 2.38. The lowest BCUT2D eigenvalue weighted by atomic mass is 9.92. The molecule has 1 saturated heterocycles. The van der Waals surface area contributed by atoms with E-state index in [-0.39, 0.29) is 11.2 Å². The molecule has 1 aliphatic carbocycles. The van der Waals surface area contributed by atoms with Crippen LogP contribution >= 0.6 is 22.9 Å². The molecule has 3 aromatic rings. The van der Waals surface area contributed by atoms with Gasteiger partial charge in [-0.2, -0.15) is 5.10 Å². The van der Waals surface area contributed by atoms with Crippen molar-refractivity contribution in [3.05, 3.63) is 34.9 Å². The first kappa shape index (κ1) is 21.8. The molecule has 1 N–H and O–H groups in total. The van der Waals surface area contributed by atoms with Crippen molar-refractivity contribution in [3.8, 4) is 0 Å². The molecule has 1 saturated carbocycles. The molecule has 170 valence electrons. The highest BCUT2D eigenvalue weighted by molar-refractivity contribution is 7.92. The van der Waals surface area contributed by atoms with Crippen LogP contribution < -0.4 is 5.32 Å². The Bertz CT molecular complexity index is 1250. The highest BCUT2D eigenvalue weighted by atomic mass is 35.5. The molecule has 0 radical (unpaired) electrons. The van der Waals surface area contributed by atoms with E-state index in [2.05, 4.69) is 15.4 Å². The third-order valence-electron chi connectivity index (χ3n) is 6.07. The molecule has 1 amide bonds. The van der Waals surface area contributed by atoms with E-state index in [9.17, 15) is 13.2 Å². The van der Waals surface area contributed by atoms with Gasteiger partial charge in [-0.25, -0.2) is 13.4 Å². The lowest BCUT2D eigenvalue weighted by Gasteiger charge is -2.26. The molecule has 0 unspecified atom stereocenters. The summed E-state index contributed by atoms with van der Waals surface area (Å²) >= 11 is 7.15. The zero-order valence-electron chi connectivity index (χ0n) is 17.2. The average Bonchev–Trinajstić information content (AvgIpc) is 3.46. The highest BCUT2D eigenvalue weighted by Crippen LogP contribution is 2.37. The number of nitrogens with one attached hydrogen (secondary N) is 1. The normalized spacial score (nSPS) is 18.7. The van der Waals surface area contributed by atoms with Crippen LogP contribution in [0.4, 0.5) is 5.13 Å². The lowest BCUT2D eigenvalue weighted by Crippen LogP contribution is -2.30. The molecule has 2 aromatic heterocycles. The standard InChI is InChI=1S/C21H23ClN4O4S2/c22-19-12-23-21(31-19)25-20(27)17(10-13-6-8-30-9-7-13)26-16-2-1-3-18(15(16)11-24-26)32(28,29)14-4-5-14/h1-3,11-14,17H,4-10H2,(H,23,25,27)/t17-/m0/s1. The smallest absolute Gasteiger partial charge is 0.251 e. The number of amides is 1. The number of ether oxygens (including phenoxy) is 1. The Hall–Kier alpha value is -2.01. The van der Waals surface area contributed by atoms with Gasteiger partial charge in [-0.3, -0.25) is 9.48 Å².